The summed E-state index contributed by atoms with van der Waals surface area (Å²) in [6, 6.07) is 7.65. The van der Waals surface area contributed by atoms with Crippen molar-refractivity contribution in [3.8, 4) is 0 Å². The van der Waals surface area contributed by atoms with Crippen LogP contribution in [0.3, 0.4) is 0 Å². The summed E-state index contributed by atoms with van der Waals surface area (Å²) in [4.78, 5) is 12.6. The lowest BCUT2D eigenvalue weighted by molar-refractivity contribution is 0.0948. The standard InChI is InChI=1S/C14H16ClN3OS2/c1-2-3-8-16-14(20)18-17-13(19)12-11(15)9-6-4-5-7-10(9)21-12/h4-7H,2-3,8H2,1H3,(H,17,19)(H2,16,18,20). The molecule has 0 atom stereocenters. The fraction of sp³-hybridized carbons (Fsp3) is 0.286. The van der Waals surface area contributed by atoms with Gasteiger partial charge in [-0.3, -0.25) is 15.6 Å². The SMILES string of the molecule is CCCCNC(=S)NNC(=O)c1sc2ccccc2c1Cl. The average molecular weight is 342 g/mol. The number of fused-ring (bicyclic) bond motifs is 1. The van der Waals surface area contributed by atoms with Gasteiger partial charge in [0.15, 0.2) is 5.11 Å². The summed E-state index contributed by atoms with van der Waals surface area (Å²) >= 11 is 12.7. The largest absolute Gasteiger partial charge is 0.361 e. The molecule has 2 aromatic rings. The molecule has 0 saturated heterocycles. The van der Waals surface area contributed by atoms with Crippen molar-refractivity contribution >= 4 is 56.3 Å². The van der Waals surface area contributed by atoms with Crippen LogP contribution in [0.25, 0.3) is 10.1 Å². The smallest absolute Gasteiger partial charge is 0.281 e. The van der Waals surface area contributed by atoms with Gasteiger partial charge in [0, 0.05) is 16.6 Å². The van der Waals surface area contributed by atoms with E-state index in [1.165, 1.54) is 11.3 Å². The van der Waals surface area contributed by atoms with E-state index in [2.05, 4.69) is 23.1 Å². The van der Waals surface area contributed by atoms with E-state index in [-0.39, 0.29) is 5.91 Å². The fourth-order valence-corrected chi connectivity index (χ4v) is 3.32. The van der Waals surface area contributed by atoms with Crippen LogP contribution in [0.1, 0.15) is 29.4 Å². The summed E-state index contributed by atoms with van der Waals surface area (Å²) < 4.78 is 0.983. The molecule has 1 amide bonds. The Morgan fingerprint density at radius 1 is 1.33 bits per heavy atom. The number of unbranched alkanes of at least 4 members (excludes halogenated alkanes) is 1. The van der Waals surface area contributed by atoms with Crippen LogP contribution in [-0.4, -0.2) is 17.6 Å². The first-order valence-electron chi connectivity index (χ1n) is 6.64. The van der Waals surface area contributed by atoms with E-state index < -0.39 is 0 Å². The second-order valence-electron chi connectivity index (χ2n) is 4.43. The van der Waals surface area contributed by atoms with Crippen molar-refractivity contribution in [2.24, 2.45) is 0 Å². The van der Waals surface area contributed by atoms with Gasteiger partial charge in [-0.15, -0.1) is 11.3 Å². The number of hydrazine groups is 1. The molecule has 1 aromatic heterocycles. The first kappa shape index (κ1) is 16.0. The zero-order valence-corrected chi connectivity index (χ0v) is 13.9. The summed E-state index contributed by atoms with van der Waals surface area (Å²) in [6.07, 6.45) is 2.11. The summed E-state index contributed by atoms with van der Waals surface area (Å²) in [5, 5.41) is 4.76. The summed E-state index contributed by atoms with van der Waals surface area (Å²) in [5.41, 5.74) is 5.24. The first-order valence-corrected chi connectivity index (χ1v) is 8.25. The van der Waals surface area contributed by atoms with Crippen molar-refractivity contribution < 1.29 is 4.79 Å². The quantitative estimate of drug-likeness (QED) is 0.453. The van der Waals surface area contributed by atoms with Gasteiger partial charge in [-0.1, -0.05) is 43.1 Å². The molecule has 0 saturated carbocycles. The number of rotatable bonds is 4. The molecule has 21 heavy (non-hydrogen) atoms. The van der Waals surface area contributed by atoms with Gasteiger partial charge in [0.25, 0.3) is 5.91 Å². The van der Waals surface area contributed by atoms with Gasteiger partial charge in [-0.05, 0) is 24.7 Å². The fourth-order valence-electron chi connectivity index (χ4n) is 1.75. The molecule has 0 fully saturated rings. The van der Waals surface area contributed by atoms with Gasteiger partial charge in [-0.2, -0.15) is 0 Å². The van der Waals surface area contributed by atoms with Crippen LogP contribution in [0, 0.1) is 0 Å². The zero-order chi connectivity index (χ0) is 15.2. The molecule has 0 bridgehead atoms. The predicted octanol–water partition coefficient (Wildman–Crippen LogP) is 3.46. The van der Waals surface area contributed by atoms with Crippen molar-refractivity contribution in [2.45, 2.75) is 19.8 Å². The highest BCUT2D eigenvalue weighted by Gasteiger charge is 2.16. The van der Waals surface area contributed by atoms with Crippen LogP contribution in [0.5, 0.6) is 0 Å². The van der Waals surface area contributed by atoms with Gasteiger partial charge in [0.1, 0.15) is 4.88 Å². The number of amides is 1. The van der Waals surface area contributed by atoms with E-state index in [4.69, 9.17) is 23.8 Å². The number of thiophene rings is 1. The molecule has 4 nitrogen and oxygen atoms in total. The summed E-state index contributed by atoms with van der Waals surface area (Å²) in [6.45, 7) is 2.88. The Hall–Kier alpha value is -1.37. The number of benzene rings is 1. The minimum atomic E-state index is -0.291. The van der Waals surface area contributed by atoms with Crippen molar-refractivity contribution in [3.63, 3.8) is 0 Å². The molecule has 0 aliphatic carbocycles. The minimum Gasteiger partial charge on any atom is -0.361 e. The molecule has 0 aliphatic rings. The number of hydrogen-bond donors (Lipinski definition) is 3. The lowest BCUT2D eigenvalue weighted by Crippen LogP contribution is -2.46. The second-order valence-corrected chi connectivity index (χ2v) is 6.27. The number of nitrogens with one attached hydrogen (secondary N) is 3. The predicted molar refractivity (Wildman–Crippen MR) is 92.9 cm³/mol. The molecule has 3 N–H and O–H groups in total. The maximum atomic E-state index is 12.1. The minimum absolute atomic E-state index is 0.291. The Balaban J connectivity index is 1.96. The molecule has 1 heterocycles. The Kier molecular flexibility index (Phi) is 5.78. The number of carbonyl (C=O) groups is 1. The van der Waals surface area contributed by atoms with E-state index in [0.29, 0.717) is 15.0 Å². The molecule has 7 heteroatoms. The molecule has 0 radical (unpaired) electrons. The van der Waals surface area contributed by atoms with Crippen LogP contribution < -0.4 is 16.2 Å². The Morgan fingerprint density at radius 3 is 2.81 bits per heavy atom. The molecule has 0 aliphatic heterocycles. The van der Waals surface area contributed by atoms with Crippen molar-refractivity contribution in [1.82, 2.24) is 16.2 Å². The lowest BCUT2D eigenvalue weighted by atomic mass is 10.2. The molecular formula is C14H16ClN3OS2. The van der Waals surface area contributed by atoms with Crippen LogP contribution in [-0.2, 0) is 0 Å². The number of thiocarbonyl (C=S) groups is 1. The molecule has 1 aromatic carbocycles. The van der Waals surface area contributed by atoms with Gasteiger partial charge in [0.05, 0.1) is 5.02 Å². The highest BCUT2D eigenvalue weighted by atomic mass is 35.5. The molecule has 2 rings (SSSR count). The average Bonchev–Trinajstić information content (AvgIpc) is 2.83. The third-order valence-corrected chi connectivity index (χ3v) is 4.77. The van der Waals surface area contributed by atoms with E-state index >= 15 is 0 Å². The van der Waals surface area contributed by atoms with Crippen molar-refractivity contribution in [3.05, 3.63) is 34.2 Å². The van der Waals surface area contributed by atoms with Gasteiger partial charge >= 0.3 is 0 Å². The normalized spacial score (nSPS) is 10.4. The third-order valence-electron chi connectivity index (χ3n) is 2.85. The van der Waals surface area contributed by atoms with E-state index in [0.717, 1.165) is 29.5 Å². The Morgan fingerprint density at radius 2 is 2.10 bits per heavy atom. The molecule has 112 valence electrons. The lowest BCUT2D eigenvalue weighted by Gasteiger charge is -2.10. The first-order chi connectivity index (χ1) is 10.1. The van der Waals surface area contributed by atoms with Crippen LogP contribution in [0.4, 0.5) is 0 Å². The molecule has 0 spiro atoms. The monoisotopic (exact) mass is 341 g/mol. The van der Waals surface area contributed by atoms with Crippen molar-refractivity contribution in [2.75, 3.05) is 6.54 Å². The van der Waals surface area contributed by atoms with Crippen LogP contribution >= 0.6 is 35.2 Å². The number of carbonyl (C=O) groups excluding carboxylic acids is 1. The van der Waals surface area contributed by atoms with Gasteiger partial charge < -0.3 is 5.32 Å². The molecular weight excluding hydrogens is 326 g/mol. The summed E-state index contributed by atoms with van der Waals surface area (Å²) in [7, 11) is 0. The van der Waals surface area contributed by atoms with E-state index in [1.54, 1.807) is 0 Å². The topological polar surface area (TPSA) is 53.2 Å². The Labute approximate surface area is 137 Å². The Bertz CT molecular complexity index is 657. The van der Waals surface area contributed by atoms with Gasteiger partial charge in [-0.25, -0.2) is 0 Å². The zero-order valence-electron chi connectivity index (χ0n) is 11.5. The van der Waals surface area contributed by atoms with Gasteiger partial charge in [0.2, 0.25) is 0 Å². The van der Waals surface area contributed by atoms with Crippen LogP contribution in [0.2, 0.25) is 5.02 Å². The maximum Gasteiger partial charge on any atom is 0.281 e. The van der Waals surface area contributed by atoms with E-state index in [1.807, 2.05) is 24.3 Å². The summed E-state index contributed by atoms with van der Waals surface area (Å²) in [5.74, 6) is -0.291. The number of hydrogen-bond acceptors (Lipinski definition) is 3. The third kappa shape index (κ3) is 4.06. The highest BCUT2D eigenvalue weighted by Crippen LogP contribution is 2.34. The highest BCUT2D eigenvalue weighted by molar-refractivity contribution is 7.80. The van der Waals surface area contributed by atoms with Crippen molar-refractivity contribution in [1.29, 1.82) is 0 Å². The van der Waals surface area contributed by atoms with E-state index in [9.17, 15) is 4.79 Å². The molecule has 0 unspecified atom stereocenters. The second kappa shape index (κ2) is 7.59. The number of halogens is 1. The maximum absolute atomic E-state index is 12.1. The van der Waals surface area contributed by atoms with Crippen LogP contribution in [0.15, 0.2) is 24.3 Å².